The molecule has 3 N–H and O–H groups in total. The van der Waals surface area contributed by atoms with E-state index in [0.717, 1.165) is 16.3 Å². The number of rotatable bonds is 8. The van der Waals surface area contributed by atoms with Crippen molar-refractivity contribution in [3.63, 3.8) is 0 Å². The minimum Gasteiger partial charge on any atom is -0.478 e. The highest BCUT2D eigenvalue weighted by atomic mass is 32.2. The van der Waals surface area contributed by atoms with Gasteiger partial charge in [0.15, 0.2) is 9.84 Å². The van der Waals surface area contributed by atoms with Crippen LogP contribution in [0.25, 0.3) is 11.3 Å². The second-order valence-corrected chi connectivity index (χ2v) is 11.0. The van der Waals surface area contributed by atoms with Crippen LogP contribution in [0.1, 0.15) is 5.56 Å². The Hall–Kier alpha value is -3.88. The fourth-order valence-corrected chi connectivity index (χ4v) is 5.07. The van der Waals surface area contributed by atoms with Crippen LogP contribution in [0, 0.1) is 5.95 Å². The molecule has 0 fully saturated rings. The van der Waals surface area contributed by atoms with E-state index in [1.807, 2.05) is 0 Å². The van der Waals surface area contributed by atoms with Crippen LogP contribution in [-0.2, 0) is 36.0 Å². The lowest BCUT2D eigenvalue weighted by Gasteiger charge is -2.11. The summed E-state index contributed by atoms with van der Waals surface area (Å²) in [4.78, 5) is 22.4. The first-order valence-corrected chi connectivity index (χ1v) is 13.3. The predicted molar refractivity (Wildman–Crippen MR) is 127 cm³/mol. The SMILES string of the molecule is CNCc1cc(-c2cccnc2F)n(S(=O)(=O)c2cccc(S(C)(=O)=O)c2)c1.O=C(O)C=CC(=O)O. The van der Waals surface area contributed by atoms with Crippen LogP contribution in [0.3, 0.4) is 0 Å². The van der Waals surface area contributed by atoms with Gasteiger partial charge in [0, 0.05) is 37.3 Å². The monoisotopic (exact) mass is 539 g/mol. The number of sulfone groups is 1. The van der Waals surface area contributed by atoms with Crippen molar-refractivity contribution in [1.29, 1.82) is 0 Å². The molecule has 36 heavy (non-hydrogen) atoms. The molecule has 0 aliphatic rings. The number of carboxylic acids is 2. The lowest BCUT2D eigenvalue weighted by Crippen LogP contribution is -2.14. The maximum Gasteiger partial charge on any atom is 0.328 e. The van der Waals surface area contributed by atoms with E-state index >= 15 is 0 Å². The van der Waals surface area contributed by atoms with Gasteiger partial charge in [-0.05, 0) is 49.0 Å². The highest BCUT2D eigenvalue weighted by Gasteiger charge is 2.24. The third kappa shape index (κ3) is 7.31. The van der Waals surface area contributed by atoms with Crippen molar-refractivity contribution in [2.45, 2.75) is 16.3 Å². The number of hydrogen-bond acceptors (Lipinski definition) is 8. The summed E-state index contributed by atoms with van der Waals surface area (Å²) in [5, 5.41) is 18.5. The summed E-state index contributed by atoms with van der Waals surface area (Å²) in [5.41, 5.74) is 0.733. The van der Waals surface area contributed by atoms with Gasteiger partial charge in [-0.2, -0.15) is 4.39 Å². The highest BCUT2D eigenvalue weighted by Crippen LogP contribution is 2.29. The average Bonchev–Trinajstić information content (AvgIpc) is 3.23. The summed E-state index contributed by atoms with van der Waals surface area (Å²) in [6, 6.07) is 9.54. The largest absolute Gasteiger partial charge is 0.478 e. The molecule has 0 unspecified atom stereocenters. The molecule has 0 saturated heterocycles. The van der Waals surface area contributed by atoms with Gasteiger partial charge in [-0.25, -0.2) is 35.4 Å². The molecule has 2 aromatic heterocycles. The zero-order valence-corrected chi connectivity index (χ0v) is 20.6. The minimum atomic E-state index is -4.18. The third-order valence-electron chi connectivity index (χ3n) is 4.42. The van der Waals surface area contributed by atoms with E-state index < -0.39 is 37.7 Å². The molecule has 3 rings (SSSR count). The first-order valence-electron chi connectivity index (χ1n) is 9.93. The molecule has 2 heterocycles. The van der Waals surface area contributed by atoms with Crippen molar-refractivity contribution < 1.29 is 41.0 Å². The van der Waals surface area contributed by atoms with E-state index in [0.29, 0.717) is 24.3 Å². The van der Waals surface area contributed by atoms with Crippen molar-refractivity contribution in [3.05, 3.63) is 78.5 Å². The lowest BCUT2D eigenvalue weighted by molar-refractivity contribution is -0.134. The zero-order chi connectivity index (χ0) is 27.1. The van der Waals surface area contributed by atoms with Crippen LogP contribution in [0.15, 0.2) is 76.8 Å². The molecule has 0 saturated carbocycles. The first kappa shape index (κ1) is 28.4. The number of nitrogens with zero attached hydrogens (tertiary/aromatic N) is 2. The van der Waals surface area contributed by atoms with Gasteiger partial charge < -0.3 is 15.5 Å². The summed E-state index contributed by atoms with van der Waals surface area (Å²) >= 11 is 0. The van der Waals surface area contributed by atoms with E-state index in [1.54, 1.807) is 13.1 Å². The summed E-state index contributed by atoms with van der Waals surface area (Å²) in [5.74, 6) is -3.32. The fourth-order valence-electron chi connectivity index (χ4n) is 2.89. The standard InChI is InChI=1S/C18H18FN3O4S2.C4H4O4/c1-20-11-13-9-17(16-7-4-8-21-18(16)19)22(12-13)28(25,26)15-6-3-5-14(10-15)27(2,23)24;5-3(6)1-2-4(7)8/h3-10,12,20H,11H2,1-2H3;1-2H,(H,5,6)(H,7,8). The predicted octanol–water partition coefficient (Wildman–Crippen LogP) is 1.76. The number of halogens is 1. The Balaban J connectivity index is 0.000000493. The molecule has 0 spiro atoms. The van der Waals surface area contributed by atoms with E-state index in [-0.39, 0.29) is 21.0 Å². The van der Waals surface area contributed by atoms with Crippen molar-refractivity contribution >= 4 is 31.8 Å². The number of hydrogen-bond donors (Lipinski definition) is 3. The van der Waals surface area contributed by atoms with Crippen LogP contribution in [-0.4, -0.2) is 61.2 Å². The van der Waals surface area contributed by atoms with Gasteiger partial charge in [0.05, 0.1) is 21.0 Å². The number of benzene rings is 1. The van der Waals surface area contributed by atoms with Crippen LogP contribution < -0.4 is 5.32 Å². The Morgan fingerprint density at radius 2 is 1.64 bits per heavy atom. The van der Waals surface area contributed by atoms with Crippen LogP contribution in [0.5, 0.6) is 0 Å². The minimum absolute atomic E-state index is 0.0210. The Kier molecular flexibility index (Phi) is 9.22. The molecule has 0 aliphatic carbocycles. The second kappa shape index (κ2) is 11.7. The van der Waals surface area contributed by atoms with Gasteiger partial charge in [0.1, 0.15) is 0 Å². The van der Waals surface area contributed by atoms with Crippen molar-refractivity contribution in [2.24, 2.45) is 0 Å². The molecule has 0 bridgehead atoms. The average molecular weight is 540 g/mol. The topological polar surface area (TPSA) is 173 Å². The molecular formula is C22H22FN3O8S2. The van der Waals surface area contributed by atoms with Gasteiger partial charge in [-0.3, -0.25) is 0 Å². The molecule has 3 aromatic rings. The quantitative estimate of drug-likeness (QED) is 0.283. The van der Waals surface area contributed by atoms with Gasteiger partial charge in [0.25, 0.3) is 10.0 Å². The summed E-state index contributed by atoms with van der Waals surface area (Å²) in [7, 11) is -6.08. The van der Waals surface area contributed by atoms with Gasteiger partial charge in [-0.1, -0.05) is 6.07 Å². The summed E-state index contributed by atoms with van der Waals surface area (Å²) in [6.07, 6.45) is 4.76. The highest BCUT2D eigenvalue weighted by molar-refractivity contribution is 7.91. The van der Waals surface area contributed by atoms with E-state index in [9.17, 15) is 30.8 Å². The number of pyridine rings is 1. The Morgan fingerprint density at radius 1 is 1.03 bits per heavy atom. The maximum absolute atomic E-state index is 14.2. The number of carbonyl (C=O) groups is 2. The zero-order valence-electron chi connectivity index (χ0n) is 19.0. The van der Waals surface area contributed by atoms with Crippen molar-refractivity contribution in [3.8, 4) is 11.3 Å². The van der Waals surface area contributed by atoms with Gasteiger partial charge in [0.2, 0.25) is 5.95 Å². The fraction of sp³-hybridized carbons (Fsp3) is 0.136. The molecule has 0 aliphatic heterocycles. The van der Waals surface area contributed by atoms with Crippen molar-refractivity contribution in [2.75, 3.05) is 13.3 Å². The van der Waals surface area contributed by atoms with E-state index in [2.05, 4.69) is 10.3 Å². The van der Waals surface area contributed by atoms with Crippen LogP contribution in [0.4, 0.5) is 4.39 Å². The molecular weight excluding hydrogens is 517 g/mol. The Morgan fingerprint density at radius 3 is 2.17 bits per heavy atom. The van der Waals surface area contributed by atoms with Gasteiger partial charge in [-0.15, -0.1) is 0 Å². The van der Waals surface area contributed by atoms with Crippen LogP contribution in [0.2, 0.25) is 0 Å². The molecule has 14 heteroatoms. The second-order valence-electron chi connectivity index (χ2n) is 7.16. The van der Waals surface area contributed by atoms with Crippen molar-refractivity contribution in [1.82, 2.24) is 14.3 Å². The molecule has 0 radical (unpaired) electrons. The first-order chi connectivity index (χ1) is 16.8. The summed E-state index contributed by atoms with van der Waals surface area (Å²) < 4.78 is 65.3. The third-order valence-corrected chi connectivity index (χ3v) is 7.20. The van der Waals surface area contributed by atoms with Gasteiger partial charge >= 0.3 is 11.9 Å². The summed E-state index contributed by atoms with van der Waals surface area (Å²) in [6.45, 7) is 0.362. The normalized spacial score (nSPS) is 11.6. The van der Waals surface area contributed by atoms with E-state index in [1.165, 1.54) is 42.7 Å². The number of nitrogens with one attached hydrogen (secondary N) is 1. The number of aromatic nitrogens is 2. The molecule has 1 aromatic carbocycles. The molecule has 0 atom stereocenters. The lowest BCUT2D eigenvalue weighted by atomic mass is 10.2. The van der Waals surface area contributed by atoms with Crippen LogP contribution >= 0.6 is 0 Å². The number of aliphatic carboxylic acids is 2. The molecule has 192 valence electrons. The van der Waals surface area contributed by atoms with E-state index in [4.69, 9.17) is 10.2 Å². The molecule has 0 amide bonds. The Labute approximate surface area is 206 Å². The molecule has 11 nitrogen and oxygen atoms in total. The number of carboxylic acid groups (broad SMARTS) is 2. The Bertz CT molecular complexity index is 1500. The smallest absolute Gasteiger partial charge is 0.328 e. The maximum atomic E-state index is 14.2.